The fraction of sp³-hybridized carbons (Fsp3) is 0.0741. The summed E-state index contributed by atoms with van der Waals surface area (Å²) in [6.45, 7) is 0.497. The first-order chi connectivity index (χ1) is 17.5. The molecule has 0 atom stereocenters. The van der Waals surface area contributed by atoms with Crippen molar-refractivity contribution in [2.45, 2.75) is 17.5 Å². The Labute approximate surface area is 215 Å². The number of aromatic nitrogens is 3. The smallest absolute Gasteiger partial charge is 0.255 e. The second-order valence-corrected chi connectivity index (χ2v) is 9.35. The lowest BCUT2D eigenvalue weighted by molar-refractivity contribution is 0.102. The van der Waals surface area contributed by atoms with Gasteiger partial charge in [-0.2, -0.15) is 0 Å². The molecule has 0 radical (unpaired) electrons. The van der Waals surface area contributed by atoms with Gasteiger partial charge in [0.15, 0.2) is 5.16 Å². The van der Waals surface area contributed by atoms with E-state index in [4.69, 9.17) is 16.6 Å². The molecular weight excluding hydrogens is 502 g/mol. The van der Waals surface area contributed by atoms with Crippen LogP contribution in [0.15, 0.2) is 90.3 Å². The number of rotatable bonds is 7. The van der Waals surface area contributed by atoms with Crippen molar-refractivity contribution in [1.82, 2.24) is 14.5 Å². The van der Waals surface area contributed by atoms with E-state index >= 15 is 0 Å². The highest BCUT2D eigenvalue weighted by Crippen LogP contribution is 2.30. The van der Waals surface area contributed by atoms with Gasteiger partial charge in [-0.3, -0.25) is 9.78 Å². The third kappa shape index (κ3) is 5.24. The second-order valence-electron chi connectivity index (χ2n) is 8.00. The third-order valence-electron chi connectivity index (χ3n) is 5.57. The topological polar surface area (TPSA) is 59.8 Å². The molecule has 0 aliphatic rings. The van der Waals surface area contributed by atoms with E-state index in [1.54, 1.807) is 42.7 Å². The summed E-state index contributed by atoms with van der Waals surface area (Å²) >= 11 is 7.69. The van der Waals surface area contributed by atoms with Gasteiger partial charge in [0.25, 0.3) is 5.91 Å². The highest BCUT2D eigenvalue weighted by molar-refractivity contribution is 7.98. The number of benzene rings is 3. The number of hydrogen-bond acceptors (Lipinski definition) is 4. The van der Waals surface area contributed by atoms with Crippen LogP contribution in [0.2, 0.25) is 5.02 Å². The molecule has 1 amide bonds. The van der Waals surface area contributed by atoms with Crippen LogP contribution in [-0.2, 0) is 12.3 Å². The van der Waals surface area contributed by atoms with Crippen molar-refractivity contribution in [2.75, 3.05) is 5.32 Å². The van der Waals surface area contributed by atoms with E-state index < -0.39 is 11.7 Å². The van der Waals surface area contributed by atoms with Crippen LogP contribution in [0.25, 0.3) is 11.0 Å². The van der Waals surface area contributed by atoms with Crippen LogP contribution in [0.5, 0.6) is 0 Å². The second kappa shape index (κ2) is 10.5. The zero-order valence-electron chi connectivity index (χ0n) is 18.8. The van der Waals surface area contributed by atoms with E-state index in [9.17, 15) is 13.6 Å². The molecule has 0 bridgehead atoms. The van der Waals surface area contributed by atoms with Gasteiger partial charge >= 0.3 is 0 Å². The van der Waals surface area contributed by atoms with Gasteiger partial charge in [0, 0.05) is 22.5 Å². The number of carbonyl (C=O) groups is 1. The Morgan fingerprint density at radius 3 is 2.61 bits per heavy atom. The number of amides is 1. The first kappa shape index (κ1) is 24.0. The summed E-state index contributed by atoms with van der Waals surface area (Å²) in [5.41, 5.74) is 3.98. The highest BCUT2D eigenvalue weighted by Gasteiger charge is 2.14. The van der Waals surface area contributed by atoms with Gasteiger partial charge in [0.05, 0.1) is 29.5 Å². The summed E-state index contributed by atoms with van der Waals surface area (Å²) in [7, 11) is 0. The SMILES string of the molecule is O=C(Nc1ccccc1F)c1ccc(Cn2c(SCc3ccc(F)cc3Cl)nc3ccncc32)cc1. The third-order valence-corrected chi connectivity index (χ3v) is 6.94. The first-order valence-electron chi connectivity index (χ1n) is 11.0. The molecule has 0 saturated carbocycles. The molecule has 9 heteroatoms. The molecule has 5 nitrogen and oxygen atoms in total. The molecule has 3 aromatic carbocycles. The molecule has 0 aliphatic heterocycles. The Morgan fingerprint density at radius 1 is 1.03 bits per heavy atom. The number of nitrogens with zero attached hydrogens (tertiary/aromatic N) is 3. The number of halogens is 3. The number of thioether (sulfide) groups is 1. The van der Waals surface area contributed by atoms with E-state index in [1.165, 1.54) is 36.0 Å². The van der Waals surface area contributed by atoms with Gasteiger partial charge in [-0.1, -0.05) is 53.7 Å². The molecule has 36 heavy (non-hydrogen) atoms. The van der Waals surface area contributed by atoms with Crippen LogP contribution < -0.4 is 5.32 Å². The van der Waals surface area contributed by atoms with Crippen molar-refractivity contribution in [3.63, 3.8) is 0 Å². The molecular formula is C27H19ClF2N4OS. The monoisotopic (exact) mass is 520 g/mol. The maximum Gasteiger partial charge on any atom is 0.255 e. The van der Waals surface area contributed by atoms with Crippen molar-refractivity contribution in [3.8, 4) is 0 Å². The lowest BCUT2D eigenvalue weighted by Crippen LogP contribution is -2.13. The Kier molecular flexibility index (Phi) is 6.97. The number of carbonyl (C=O) groups excluding carboxylic acids is 1. The summed E-state index contributed by atoms with van der Waals surface area (Å²) < 4.78 is 29.3. The van der Waals surface area contributed by atoms with Crippen molar-refractivity contribution in [3.05, 3.63) is 119 Å². The maximum atomic E-state index is 13.9. The molecule has 5 aromatic rings. The zero-order valence-corrected chi connectivity index (χ0v) is 20.4. The first-order valence-corrected chi connectivity index (χ1v) is 12.4. The quantitative estimate of drug-likeness (QED) is 0.236. The lowest BCUT2D eigenvalue weighted by atomic mass is 10.1. The maximum absolute atomic E-state index is 13.9. The fourth-order valence-corrected chi connectivity index (χ4v) is 5.02. The lowest BCUT2D eigenvalue weighted by Gasteiger charge is -2.11. The van der Waals surface area contributed by atoms with Crippen molar-refractivity contribution in [1.29, 1.82) is 0 Å². The number of para-hydroxylation sites is 1. The Balaban J connectivity index is 1.36. The number of imidazole rings is 1. The van der Waals surface area contributed by atoms with Crippen LogP contribution in [0, 0.1) is 11.6 Å². The Morgan fingerprint density at radius 2 is 1.83 bits per heavy atom. The average Bonchev–Trinajstić information content (AvgIpc) is 3.22. The Bertz CT molecular complexity index is 1560. The van der Waals surface area contributed by atoms with Crippen molar-refractivity contribution < 1.29 is 13.6 Å². The van der Waals surface area contributed by atoms with E-state index in [0.717, 1.165) is 27.3 Å². The van der Waals surface area contributed by atoms with Crippen molar-refractivity contribution >= 4 is 46.0 Å². The van der Waals surface area contributed by atoms with Gasteiger partial charge in [-0.15, -0.1) is 0 Å². The molecule has 0 fully saturated rings. The predicted octanol–water partition coefficient (Wildman–Crippen LogP) is 6.96. The minimum atomic E-state index is -0.491. The summed E-state index contributed by atoms with van der Waals surface area (Å²) in [6, 6.07) is 19.3. The minimum absolute atomic E-state index is 0.131. The molecule has 1 N–H and O–H groups in total. The summed E-state index contributed by atoms with van der Waals surface area (Å²) in [5, 5.41) is 3.73. The fourth-order valence-electron chi connectivity index (χ4n) is 3.69. The average molecular weight is 521 g/mol. The van der Waals surface area contributed by atoms with Crippen LogP contribution in [-0.4, -0.2) is 20.4 Å². The minimum Gasteiger partial charge on any atom is -0.319 e. The largest absolute Gasteiger partial charge is 0.319 e. The zero-order chi connectivity index (χ0) is 25.1. The van der Waals surface area contributed by atoms with Gasteiger partial charge in [0.1, 0.15) is 11.6 Å². The number of fused-ring (bicyclic) bond motifs is 1. The van der Waals surface area contributed by atoms with E-state index in [-0.39, 0.29) is 11.5 Å². The molecule has 0 spiro atoms. The summed E-state index contributed by atoms with van der Waals surface area (Å²) in [5.74, 6) is -0.741. The normalized spacial score (nSPS) is 11.1. The van der Waals surface area contributed by atoms with E-state index in [2.05, 4.69) is 10.3 Å². The number of anilines is 1. The molecule has 0 saturated heterocycles. The number of nitrogens with one attached hydrogen (secondary N) is 1. The van der Waals surface area contributed by atoms with Crippen LogP contribution >= 0.6 is 23.4 Å². The molecule has 2 aromatic heterocycles. The van der Waals surface area contributed by atoms with Gasteiger partial charge < -0.3 is 9.88 Å². The highest BCUT2D eigenvalue weighted by atomic mass is 35.5. The van der Waals surface area contributed by atoms with Crippen molar-refractivity contribution in [2.24, 2.45) is 0 Å². The molecule has 0 unspecified atom stereocenters. The molecule has 2 heterocycles. The van der Waals surface area contributed by atoms with E-state index in [0.29, 0.717) is 22.9 Å². The number of hydrogen-bond donors (Lipinski definition) is 1. The standard InChI is InChI=1S/C27H19ClF2N4OS/c28-21-13-20(29)10-9-19(21)16-36-27-33-24-11-12-31-14-25(24)34(27)15-17-5-7-18(8-6-17)26(35)32-23-4-2-1-3-22(23)30/h1-14H,15-16H2,(H,32,35). The van der Waals surface area contributed by atoms with Crippen LogP contribution in [0.1, 0.15) is 21.5 Å². The molecule has 180 valence electrons. The predicted molar refractivity (Wildman–Crippen MR) is 138 cm³/mol. The van der Waals surface area contributed by atoms with Gasteiger partial charge in [-0.25, -0.2) is 13.8 Å². The van der Waals surface area contributed by atoms with Crippen LogP contribution in [0.3, 0.4) is 0 Å². The Hall–Kier alpha value is -3.75. The summed E-state index contributed by atoms with van der Waals surface area (Å²) in [6.07, 6.45) is 3.45. The van der Waals surface area contributed by atoms with E-state index in [1.807, 2.05) is 22.8 Å². The van der Waals surface area contributed by atoms with Crippen LogP contribution in [0.4, 0.5) is 14.5 Å². The summed E-state index contributed by atoms with van der Waals surface area (Å²) in [4.78, 5) is 21.5. The molecule has 5 rings (SSSR count). The van der Waals surface area contributed by atoms with Gasteiger partial charge in [-0.05, 0) is 53.6 Å². The molecule has 0 aliphatic carbocycles. The van der Waals surface area contributed by atoms with Gasteiger partial charge in [0.2, 0.25) is 0 Å². The number of pyridine rings is 1.